The third-order valence-electron chi connectivity index (χ3n) is 2.84. The van der Waals surface area contributed by atoms with Crippen LogP contribution in [0.25, 0.3) is 0 Å². The fourth-order valence-electron chi connectivity index (χ4n) is 1.54. The lowest BCUT2D eigenvalue weighted by atomic mass is 10.2. The third kappa shape index (κ3) is 3.85. The summed E-state index contributed by atoms with van der Waals surface area (Å²) in [5.41, 5.74) is 1.62. The van der Waals surface area contributed by atoms with Gasteiger partial charge in [-0.3, -0.25) is 10.1 Å². The van der Waals surface area contributed by atoms with Crippen LogP contribution in [0.1, 0.15) is 12.5 Å². The van der Waals surface area contributed by atoms with Crippen molar-refractivity contribution in [3.8, 4) is 0 Å². The number of anilines is 1. The molecule has 0 aliphatic rings. The molecule has 6 heteroatoms. The first-order valence-electron chi connectivity index (χ1n) is 5.82. The molecule has 0 saturated carbocycles. The molecule has 1 rings (SSSR count). The molecule has 18 heavy (non-hydrogen) atoms. The lowest BCUT2D eigenvalue weighted by molar-refractivity contribution is -0.384. The minimum atomic E-state index is -0.468. The van der Waals surface area contributed by atoms with Crippen molar-refractivity contribution in [1.29, 1.82) is 0 Å². The molecular weight excluding hydrogens is 254 g/mol. The van der Waals surface area contributed by atoms with E-state index in [0.29, 0.717) is 0 Å². The first-order valence-corrected chi connectivity index (χ1v) is 6.20. The Labute approximate surface area is 112 Å². The Balaban J connectivity index is 2.73. The maximum absolute atomic E-state index is 10.7. The molecule has 0 unspecified atom stereocenters. The molecule has 0 aromatic heterocycles. The maximum Gasteiger partial charge on any atom is 0.288 e. The van der Waals surface area contributed by atoms with Gasteiger partial charge in [0.2, 0.25) is 0 Å². The Kier molecular flexibility index (Phi) is 5.37. The lowest BCUT2D eigenvalue weighted by Crippen LogP contribution is -2.24. The van der Waals surface area contributed by atoms with Gasteiger partial charge in [0.25, 0.3) is 5.69 Å². The van der Waals surface area contributed by atoms with E-state index in [9.17, 15) is 10.1 Å². The third-order valence-corrected chi connectivity index (χ3v) is 3.14. The number of aryl methyl sites for hydroxylation is 1. The number of nitro benzene ring substituents is 1. The van der Waals surface area contributed by atoms with Crippen molar-refractivity contribution in [3.05, 3.63) is 32.8 Å². The molecule has 0 saturated heterocycles. The molecule has 1 aromatic carbocycles. The Morgan fingerprint density at radius 3 is 2.72 bits per heavy atom. The fourth-order valence-corrected chi connectivity index (χ4v) is 1.77. The fraction of sp³-hybridized carbons (Fsp3) is 0.500. The van der Waals surface area contributed by atoms with E-state index in [2.05, 4.69) is 17.1 Å². The largest absolute Gasteiger partial charge is 0.383 e. The molecule has 100 valence electrons. The molecule has 5 nitrogen and oxygen atoms in total. The Hall–Kier alpha value is -1.33. The second-order valence-corrected chi connectivity index (χ2v) is 4.61. The number of nitrogens with zero attached hydrogens (tertiary/aromatic N) is 2. The molecule has 0 aliphatic heterocycles. The predicted molar refractivity (Wildman–Crippen MR) is 74.5 cm³/mol. The van der Waals surface area contributed by atoms with Gasteiger partial charge in [0, 0.05) is 24.8 Å². The minimum absolute atomic E-state index is 0.0506. The summed E-state index contributed by atoms with van der Waals surface area (Å²) in [7, 11) is 2.04. The van der Waals surface area contributed by atoms with Crippen LogP contribution in [0.3, 0.4) is 0 Å². The number of hydrogen-bond donors (Lipinski definition) is 1. The van der Waals surface area contributed by atoms with E-state index in [1.54, 1.807) is 6.07 Å². The summed E-state index contributed by atoms with van der Waals surface area (Å²) in [6.45, 7) is 6.59. The van der Waals surface area contributed by atoms with Crippen molar-refractivity contribution in [3.63, 3.8) is 0 Å². The van der Waals surface area contributed by atoms with Crippen molar-refractivity contribution in [2.45, 2.75) is 13.8 Å². The van der Waals surface area contributed by atoms with Crippen LogP contribution in [0.5, 0.6) is 0 Å². The summed E-state index contributed by atoms with van der Waals surface area (Å²) >= 11 is 5.87. The van der Waals surface area contributed by atoms with Gasteiger partial charge in [0.05, 0.1) is 4.92 Å². The molecule has 0 amide bonds. The van der Waals surface area contributed by atoms with E-state index in [4.69, 9.17) is 11.6 Å². The summed E-state index contributed by atoms with van der Waals surface area (Å²) in [4.78, 5) is 12.4. The SMILES string of the molecule is CCN(C)CCNc1cc(Cl)c([N+](=O)[O-])cc1C. The first kappa shape index (κ1) is 14.7. The number of halogens is 1. The number of nitro groups is 1. The minimum Gasteiger partial charge on any atom is -0.383 e. The van der Waals surface area contributed by atoms with Gasteiger partial charge >= 0.3 is 0 Å². The molecule has 0 spiro atoms. The van der Waals surface area contributed by atoms with Crippen molar-refractivity contribution in [1.82, 2.24) is 4.90 Å². The summed E-state index contributed by atoms with van der Waals surface area (Å²) in [6, 6.07) is 3.11. The van der Waals surface area contributed by atoms with Crippen LogP contribution in [0.2, 0.25) is 5.02 Å². The number of hydrogen-bond acceptors (Lipinski definition) is 4. The van der Waals surface area contributed by atoms with Crippen LogP contribution in [0, 0.1) is 17.0 Å². The predicted octanol–water partition coefficient (Wildman–Crippen LogP) is 2.92. The van der Waals surface area contributed by atoms with Crippen molar-refractivity contribution in [2.24, 2.45) is 0 Å². The van der Waals surface area contributed by atoms with Gasteiger partial charge in [-0.05, 0) is 32.1 Å². The van der Waals surface area contributed by atoms with E-state index in [-0.39, 0.29) is 10.7 Å². The van der Waals surface area contributed by atoms with Crippen LogP contribution in [0.4, 0.5) is 11.4 Å². The molecule has 0 atom stereocenters. The van der Waals surface area contributed by atoms with Gasteiger partial charge in [-0.25, -0.2) is 0 Å². The number of benzene rings is 1. The Morgan fingerprint density at radius 2 is 2.17 bits per heavy atom. The molecule has 1 N–H and O–H groups in total. The molecule has 0 fully saturated rings. The highest BCUT2D eigenvalue weighted by atomic mass is 35.5. The second kappa shape index (κ2) is 6.56. The quantitative estimate of drug-likeness (QED) is 0.638. The van der Waals surface area contributed by atoms with Crippen molar-refractivity contribution < 1.29 is 4.92 Å². The highest BCUT2D eigenvalue weighted by molar-refractivity contribution is 6.33. The van der Waals surface area contributed by atoms with Gasteiger partial charge in [-0.2, -0.15) is 0 Å². The van der Waals surface area contributed by atoms with Gasteiger partial charge in [-0.1, -0.05) is 18.5 Å². The lowest BCUT2D eigenvalue weighted by Gasteiger charge is -2.15. The normalized spacial score (nSPS) is 10.7. The van der Waals surface area contributed by atoms with Crippen LogP contribution < -0.4 is 5.32 Å². The smallest absolute Gasteiger partial charge is 0.288 e. The standard InChI is InChI=1S/C12H18ClN3O2/c1-4-15(3)6-5-14-11-8-10(13)12(16(17)18)7-9(11)2/h7-8,14H,4-6H2,1-3H3. The van der Waals surface area contributed by atoms with E-state index < -0.39 is 4.92 Å². The topological polar surface area (TPSA) is 58.4 Å². The highest BCUT2D eigenvalue weighted by Crippen LogP contribution is 2.30. The van der Waals surface area contributed by atoms with E-state index in [1.165, 1.54) is 6.07 Å². The maximum atomic E-state index is 10.7. The van der Waals surface area contributed by atoms with Crippen LogP contribution in [-0.4, -0.2) is 36.5 Å². The number of rotatable bonds is 6. The Morgan fingerprint density at radius 1 is 1.50 bits per heavy atom. The van der Waals surface area contributed by atoms with Gasteiger partial charge < -0.3 is 10.2 Å². The van der Waals surface area contributed by atoms with Crippen LogP contribution >= 0.6 is 11.6 Å². The summed E-state index contributed by atoms with van der Waals surface area (Å²) in [5.74, 6) is 0. The zero-order valence-electron chi connectivity index (χ0n) is 10.9. The summed E-state index contributed by atoms with van der Waals surface area (Å²) in [5, 5.41) is 14.1. The Bertz CT molecular complexity index is 438. The zero-order valence-corrected chi connectivity index (χ0v) is 11.6. The monoisotopic (exact) mass is 271 g/mol. The van der Waals surface area contributed by atoms with Crippen LogP contribution in [-0.2, 0) is 0 Å². The number of likely N-dealkylation sites (N-methyl/N-ethyl adjacent to an activating group) is 1. The average Bonchev–Trinajstić information content (AvgIpc) is 2.32. The average molecular weight is 272 g/mol. The number of nitrogens with one attached hydrogen (secondary N) is 1. The van der Waals surface area contributed by atoms with Gasteiger partial charge in [0.1, 0.15) is 5.02 Å². The van der Waals surface area contributed by atoms with Crippen molar-refractivity contribution >= 4 is 23.0 Å². The van der Waals surface area contributed by atoms with E-state index in [0.717, 1.165) is 30.9 Å². The van der Waals surface area contributed by atoms with Crippen molar-refractivity contribution in [2.75, 3.05) is 32.0 Å². The molecular formula is C12H18ClN3O2. The molecule has 0 radical (unpaired) electrons. The first-order chi connectivity index (χ1) is 8.45. The molecule has 0 aliphatic carbocycles. The van der Waals surface area contributed by atoms with E-state index >= 15 is 0 Å². The summed E-state index contributed by atoms with van der Waals surface area (Å²) in [6.07, 6.45) is 0. The summed E-state index contributed by atoms with van der Waals surface area (Å²) < 4.78 is 0. The van der Waals surface area contributed by atoms with Crippen LogP contribution in [0.15, 0.2) is 12.1 Å². The van der Waals surface area contributed by atoms with Gasteiger partial charge in [-0.15, -0.1) is 0 Å². The van der Waals surface area contributed by atoms with Gasteiger partial charge in [0.15, 0.2) is 0 Å². The van der Waals surface area contributed by atoms with E-state index in [1.807, 2.05) is 14.0 Å². The molecule has 1 aromatic rings. The zero-order chi connectivity index (χ0) is 13.7. The molecule has 0 heterocycles. The molecule has 0 bridgehead atoms. The highest BCUT2D eigenvalue weighted by Gasteiger charge is 2.14. The second-order valence-electron chi connectivity index (χ2n) is 4.20.